The van der Waals surface area contributed by atoms with Crippen molar-refractivity contribution in [3.05, 3.63) is 0 Å². The van der Waals surface area contributed by atoms with E-state index in [1.54, 1.807) is 0 Å². The molecule has 0 spiro atoms. The standard InChI is InChI=1S/C74H145NO8/c1-6-8-10-12-14-16-18-20-22-24-26-27-28-29-30-31-32-33-34-35-36-37-38-39-40-41-42-43-44-45-46-47-49-51-53-55-57-59-61-63-65-72(77)83-70(69-82-74(73(78)79)80-67-66-75(3,4)5)68-81-71(76)64-62-60-58-56-54-52-50-48-25-23-21-19-17-15-13-11-9-7-2/h70,74H,6-69H2,1-5H3/p+1. The maximum Gasteiger partial charge on any atom is 0.361 e. The van der Waals surface area contributed by atoms with Crippen LogP contribution in [-0.4, -0.2) is 87.4 Å². The Balaban J connectivity index is 3.89. The second kappa shape index (κ2) is 66.2. The first-order chi connectivity index (χ1) is 40.6. The van der Waals surface area contributed by atoms with E-state index in [0.717, 1.165) is 38.5 Å². The maximum atomic E-state index is 12.9. The summed E-state index contributed by atoms with van der Waals surface area (Å²) in [5.41, 5.74) is 0. The lowest BCUT2D eigenvalue weighted by Crippen LogP contribution is -2.40. The van der Waals surface area contributed by atoms with Gasteiger partial charge in [-0.2, -0.15) is 0 Å². The predicted molar refractivity (Wildman–Crippen MR) is 355 cm³/mol. The van der Waals surface area contributed by atoms with Gasteiger partial charge in [-0.25, -0.2) is 4.79 Å². The SMILES string of the molecule is CCCCCCCCCCCCCCCCCCCCCCCCCCCCCCCCCCCCCCCCCCC(=O)OC(COC(=O)CCCCCCCCCCCCCCCCCCCC)COC(OCC[N+](C)(C)C)C(=O)O. The molecule has 0 heterocycles. The van der Waals surface area contributed by atoms with Gasteiger partial charge in [-0.1, -0.05) is 373 Å². The van der Waals surface area contributed by atoms with Crippen LogP contribution in [-0.2, 0) is 33.3 Å². The summed E-state index contributed by atoms with van der Waals surface area (Å²) < 4.78 is 23.0. The van der Waals surface area contributed by atoms with Crippen LogP contribution < -0.4 is 0 Å². The Bertz CT molecular complexity index is 1320. The van der Waals surface area contributed by atoms with Crippen LogP contribution in [0.5, 0.6) is 0 Å². The molecule has 0 aromatic heterocycles. The zero-order chi connectivity index (χ0) is 60.5. The zero-order valence-electron chi connectivity index (χ0n) is 56.7. The van der Waals surface area contributed by atoms with E-state index in [-0.39, 0.29) is 38.2 Å². The summed E-state index contributed by atoms with van der Waals surface area (Å²) in [6.07, 6.45) is 76.9. The van der Waals surface area contributed by atoms with Crippen molar-refractivity contribution in [1.29, 1.82) is 0 Å². The molecule has 0 bridgehead atoms. The van der Waals surface area contributed by atoms with Gasteiger partial charge in [-0.3, -0.25) is 9.59 Å². The molecule has 1 N–H and O–H groups in total. The van der Waals surface area contributed by atoms with Crippen LogP contribution in [0.4, 0.5) is 0 Å². The minimum Gasteiger partial charge on any atom is -0.477 e. The van der Waals surface area contributed by atoms with Crippen molar-refractivity contribution in [3.63, 3.8) is 0 Å². The lowest BCUT2D eigenvalue weighted by Gasteiger charge is -2.25. The number of nitrogens with zero attached hydrogens (tertiary/aromatic N) is 1. The third-order valence-electron chi connectivity index (χ3n) is 17.4. The maximum absolute atomic E-state index is 12.9. The number of carboxylic acids is 1. The Labute approximate surface area is 517 Å². The van der Waals surface area contributed by atoms with Crippen molar-refractivity contribution in [2.45, 2.75) is 411 Å². The summed E-state index contributed by atoms with van der Waals surface area (Å²) >= 11 is 0. The molecule has 9 heteroatoms. The summed E-state index contributed by atoms with van der Waals surface area (Å²) in [4.78, 5) is 37.6. The number of aliphatic carboxylic acids is 1. The summed E-state index contributed by atoms with van der Waals surface area (Å²) in [7, 11) is 5.99. The summed E-state index contributed by atoms with van der Waals surface area (Å²) in [5.74, 6) is -1.97. The largest absolute Gasteiger partial charge is 0.477 e. The highest BCUT2D eigenvalue weighted by Gasteiger charge is 2.25. The number of hydrogen-bond donors (Lipinski definition) is 1. The fourth-order valence-corrected chi connectivity index (χ4v) is 11.7. The predicted octanol–water partition coefficient (Wildman–Crippen LogP) is 23.0. The van der Waals surface area contributed by atoms with E-state index in [4.69, 9.17) is 18.9 Å². The third kappa shape index (κ3) is 67.7. The number of esters is 2. The third-order valence-corrected chi connectivity index (χ3v) is 17.4. The molecule has 0 fully saturated rings. The van der Waals surface area contributed by atoms with Gasteiger partial charge in [0.25, 0.3) is 6.29 Å². The van der Waals surface area contributed by atoms with Crippen LogP contribution in [0, 0.1) is 0 Å². The average molecular weight is 1180 g/mol. The molecule has 0 radical (unpaired) electrons. The second-order valence-corrected chi connectivity index (χ2v) is 27.0. The van der Waals surface area contributed by atoms with Crippen molar-refractivity contribution in [1.82, 2.24) is 0 Å². The molecular formula is C74H146NO8+. The van der Waals surface area contributed by atoms with Crippen molar-refractivity contribution in [2.75, 3.05) is 47.5 Å². The molecule has 0 amide bonds. The Morgan fingerprint density at radius 3 is 0.771 bits per heavy atom. The van der Waals surface area contributed by atoms with Gasteiger partial charge in [0.05, 0.1) is 34.4 Å². The lowest BCUT2D eigenvalue weighted by molar-refractivity contribution is -0.870. The molecule has 0 rings (SSSR count). The van der Waals surface area contributed by atoms with Crippen molar-refractivity contribution >= 4 is 17.9 Å². The number of carbonyl (C=O) groups excluding carboxylic acids is 2. The van der Waals surface area contributed by atoms with E-state index >= 15 is 0 Å². The van der Waals surface area contributed by atoms with Gasteiger partial charge in [0.1, 0.15) is 13.2 Å². The average Bonchev–Trinajstić information content (AvgIpc) is 3.46. The molecule has 494 valence electrons. The van der Waals surface area contributed by atoms with Crippen molar-refractivity contribution < 1.29 is 42.9 Å². The fraction of sp³-hybridized carbons (Fsp3) is 0.959. The van der Waals surface area contributed by atoms with E-state index in [1.807, 2.05) is 21.1 Å². The fourth-order valence-electron chi connectivity index (χ4n) is 11.7. The van der Waals surface area contributed by atoms with E-state index in [2.05, 4.69) is 13.8 Å². The van der Waals surface area contributed by atoms with Gasteiger partial charge < -0.3 is 28.5 Å². The molecule has 0 aromatic carbocycles. The van der Waals surface area contributed by atoms with Gasteiger partial charge in [-0.15, -0.1) is 0 Å². The van der Waals surface area contributed by atoms with Crippen LogP contribution >= 0.6 is 0 Å². The molecule has 0 saturated heterocycles. The number of likely N-dealkylation sites (N-methyl/N-ethyl adjacent to an activating group) is 1. The normalized spacial score (nSPS) is 12.5. The first-order valence-electron chi connectivity index (χ1n) is 37.2. The molecular weight excluding hydrogens is 1030 g/mol. The van der Waals surface area contributed by atoms with Crippen molar-refractivity contribution in [3.8, 4) is 0 Å². The van der Waals surface area contributed by atoms with Crippen LogP contribution in [0.2, 0.25) is 0 Å². The topological polar surface area (TPSA) is 108 Å². The van der Waals surface area contributed by atoms with Crippen LogP contribution in [0.25, 0.3) is 0 Å². The molecule has 0 aliphatic rings. The minimum atomic E-state index is -1.50. The zero-order valence-corrected chi connectivity index (χ0v) is 56.7. The quantitative estimate of drug-likeness (QED) is 0.0278. The van der Waals surface area contributed by atoms with Crippen LogP contribution in [0.15, 0.2) is 0 Å². The highest BCUT2D eigenvalue weighted by Crippen LogP contribution is 2.20. The van der Waals surface area contributed by atoms with Crippen LogP contribution in [0.1, 0.15) is 399 Å². The monoisotopic (exact) mass is 1180 g/mol. The minimum absolute atomic E-state index is 0.172. The number of hydrogen-bond acceptors (Lipinski definition) is 7. The molecule has 9 nitrogen and oxygen atoms in total. The van der Waals surface area contributed by atoms with E-state index in [0.29, 0.717) is 17.4 Å². The first-order valence-corrected chi connectivity index (χ1v) is 37.2. The molecule has 2 unspecified atom stereocenters. The number of quaternary nitrogens is 1. The number of carbonyl (C=O) groups is 3. The van der Waals surface area contributed by atoms with E-state index in [1.165, 1.54) is 334 Å². The number of rotatable bonds is 71. The van der Waals surface area contributed by atoms with E-state index < -0.39 is 18.4 Å². The van der Waals surface area contributed by atoms with Crippen molar-refractivity contribution in [2.24, 2.45) is 0 Å². The van der Waals surface area contributed by atoms with Gasteiger partial charge in [0.2, 0.25) is 0 Å². The summed E-state index contributed by atoms with van der Waals surface area (Å²) in [6, 6.07) is 0. The summed E-state index contributed by atoms with van der Waals surface area (Å²) in [6.45, 7) is 4.97. The number of carboxylic acid groups (broad SMARTS) is 1. The number of unbranched alkanes of at least 4 members (excludes halogenated alkanes) is 56. The Morgan fingerprint density at radius 2 is 0.542 bits per heavy atom. The number of ether oxygens (including phenoxy) is 4. The Kier molecular flexibility index (Phi) is 64.9. The first kappa shape index (κ1) is 81.3. The van der Waals surface area contributed by atoms with Gasteiger partial charge in [0, 0.05) is 12.8 Å². The molecule has 0 aliphatic heterocycles. The molecule has 0 aromatic rings. The van der Waals surface area contributed by atoms with Gasteiger partial charge >= 0.3 is 17.9 Å². The molecule has 2 atom stereocenters. The molecule has 0 saturated carbocycles. The summed E-state index contributed by atoms with van der Waals surface area (Å²) in [5, 5.41) is 9.74. The molecule has 0 aliphatic carbocycles. The van der Waals surface area contributed by atoms with E-state index in [9.17, 15) is 19.5 Å². The van der Waals surface area contributed by atoms with Gasteiger partial charge in [-0.05, 0) is 12.8 Å². The Hall–Kier alpha value is -1.71. The second-order valence-electron chi connectivity index (χ2n) is 27.0. The van der Waals surface area contributed by atoms with Crippen LogP contribution in [0.3, 0.4) is 0 Å². The molecule has 83 heavy (non-hydrogen) atoms. The lowest BCUT2D eigenvalue weighted by atomic mass is 10.0. The van der Waals surface area contributed by atoms with Gasteiger partial charge in [0.15, 0.2) is 6.10 Å². The highest BCUT2D eigenvalue weighted by atomic mass is 16.7. The smallest absolute Gasteiger partial charge is 0.361 e. The highest BCUT2D eigenvalue weighted by molar-refractivity contribution is 5.71. The Morgan fingerprint density at radius 1 is 0.313 bits per heavy atom.